The fraction of sp³-hybridized carbons (Fsp3) is 0.538. The predicted octanol–water partition coefficient (Wildman–Crippen LogP) is 4.92. The molecule has 3 saturated carbocycles. The van der Waals surface area contributed by atoms with Gasteiger partial charge in [0, 0.05) is 30.9 Å². The van der Waals surface area contributed by atoms with Gasteiger partial charge in [-0.15, -0.1) is 10.2 Å². The lowest BCUT2D eigenvalue weighted by molar-refractivity contribution is 0.130. The molecule has 34 heavy (non-hydrogen) atoms. The zero-order valence-electron chi connectivity index (χ0n) is 19.5. The predicted molar refractivity (Wildman–Crippen MR) is 128 cm³/mol. The molecule has 3 fully saturated rings. The molecule has 178 valence electrons. The minimum Gasteiger partial charge on any atom is -0.507 e. The lowest BCUT2D eigenvalue weighted by atomic mass is 9.79. The summed E-state index contributed by atoms with van der Waals surface area (Å²) >= 11 is 0. The number of alkyl halides is 1. The lowest BCUT2D eigenvalue weighted by Crippen LogP contribution is -2.39. The summed E-state index contributed by atoms with van der Waals surface area (Å²) in [5.74, 6) is 2.17. The van der Waals surface area contributed by atoms with Crippen molar-refractivity contribution in [3.63, 3.8) is 0 Å². The first-order valence-electron chi connectivity index (χ1n) is 12.5. The second kappa shape index (κ2) is 8.64. The van der Waals surface area contributed by atoms with Gasteiger partial charge in [-0.3, -0.25) is 4.68 Å². The molecule has 8 heteroatoms. The van der Waals surface area contributed by atoms with E-state index in [1.165, 1.54) is 0 Å². The van der Waals surface area contributed by atoms with Crippen molar-refractivity contribution in [1.82, 2.24) is 25.0 Å². The molecule has 7 nitrogen and oxygen atoms in total. The number of nitrogens with zero attached hydrogens (tertiary/aromatic N) is 6. The number of rotatable bonds is 5. The van der Waals surface area contributed by atoms with Gasteiger partial charge in [-0.2, -0.15) is 5.10 Å². The Morgan fingerprint density at radius 1 is 0.971 bits per heavy atom. The third-order valence-corrected chi connectivity index (χ3v) is 7.90. The van der Waals surface area contributed by atoms with Crippen LogP contribution in [0.1, 0.15) is 51.4 Å². The molecule has 2 bridgehead atoms. The fourth-order valence-electron chi connectivity index (χ4n) is 6.01. The molecule has 3 aliphatic carbocycles. The maximum Gasteiger partial charge on any atom is 0.185 e. The third-order valence-electron chi connectivity index (χ3n) is 7.90. The van der Waals surface area contributed by atoms with Crippen LogP contribution in [-0.2, 0) is 7.05 Å². The first-order chi connectivity index (χ1) is 16.5. The van der Waals surface area contributed by atoms with Crippen molar-refractivity contribution < 1.29 is 9.50 Å². The molecule has 1 aromatic carbocycles. The highest BCUT2D eigenvalue weighted by atomic mass is 19.1. The van der Waals surface area contributed by atoms with Gasteiger partial charge in [0.1, 0.15) is 11.9 Å². The summed E-state index contributed by atoms with van der Waals surface area (Å²) in [4.78, 5) is 7.01. The Morgan fingerprint density at radius 3 is 2.53 bits per heavy atom. The molecule has 2 aromatic heterocycles. The number of halogens is 1. The highest BCUT2D eigenvalue weighted by Gasteiger charge is 2.41. The van der Waals surface area contributed by atoms with Crippen molar-refractivity contribution in [2.45, 2.75) is 69.6 Å². The Bertz CT molecular complexity index is 1160. The van der Waals surface area contributed by atoms with Crippen LogP contribution in [0.15, 0.2) is 36.8 Å². The van der Waals surface area contributed by atoms with Crippen molar-refractivity contribution in [3.05, 3.63) is 36.8 Å². The summed E-state index contributed by atoms with van der Waals surface area (Å²) in [6.07, 6.45) is 13.0. The maximum atomic E-state index is 14.3. The van der Waals surface area contributed by atoms with Crippen molar-refractivity contribution in [1.29, 1.82) is 0 Å². The van der Waals surface area contributed by atoms with Crippen LogP contribution >= 0.6 is 0 Å². The van der Waals surface area contributed by atoms with Crippen molar-refractivity contribution >= 4 is 5.82 Å². The Labute approximate surface area is 199 Å². The number of aromatic nitrogens is 5. The van der Waals surface area contributed by atoms with Gasteiger partial charge in [-0.25, -0.2) is 9.37 Å². The summed E-state index contributed by atoms with van der Waals surface area (Å²) in [6, 6.07) is 6.33. The van der Waals surface area contributed by atoms with E-state index in [4.69, 9.17) is 0 Å². The summed E-state index contributed by atoms with van der Waals surface area (Å²) in [5, 5.41) is 23.8. The molecule has 2 heterocycles. The Morgan fingerprint density at radius 2 is 1.82 bits per heavy atom. The number of aryl methyl sites for hydroxylation is 1. The number of phenols is 1. The van der Waals surface area contributed by atoms with Gasteiger partial charge < -0.3 is 10.0 Å². The van der Waals surface area contributed by atoms with Gasteiger partial charge in [0.15, 0.2) is 11.6 Å². The molecule has 0 spiro atoms. The van der Waals surface area contributed by atoms with Gasteiger partial charge in [-0.1, -0.05) is 6.07 Å². The molecule has 0 aliphatic heterocycles. The molecular weight excluding hydrogens is 431 g/mol. The van der Waals surface area contributed by atoms with Crippen molar-refractivity contribution in [3.8, 4) is 28.3 Å². The molecule has 6 rings (SSSR count). The van der Waals surface area contributed by atoms with Crippen LogP contribution in [0.5, 0.6) is 5.75 Å². The topological polar surface area (TPSA) is 80.0 Å². The summed E-state index contributed by atoms with van der Waals surface area (Å²) < 4.78 is 16.1. The van der Waals surface area contributed by atoms with E-state index in [1.54, 1.807) is 23.1 Å². The van der Waals surface area contributed by atoms with E-state index in [0.29, 0.717) is 29.4 Å². The molecule has 1 N–H and O–H groups in total. The van der Waals surface area contributed by atoms with Crippen LogP contribution in [0, 0.1) is 11.8 Å². The second-order valence-electron chi connectivity index (χ2n) is 10.3. The van der Waals surface area contributed by atoms with E-state index >= 15 is 0 Å². The van der Waals surface area contributed by atoms with E-state index in [1.807, 2.05) is 25.4 Å². The minimum atomic E-state index is -0.623. The standard InChI is InChI=1S/C26H31FN6O/c1-32-15-19(13-29-32)17-4-8-22(24(34)12-17)26-28-14-25(30-31-26)33(20-6-7-20)21-5-3-18-10-16(11-21)2-9-23(18)27/h4,8,12-16,18,20-21,23,34H,2-3,5-7,9-11H2,1H3/t16-,18-,21-,23+/m0/s1. The average Bonchev–Trinajstić information content (AvgIpc) is 3.61. The van der Waals surface area contributed by atoms with Crippen LogP contribution in [0.3, 0.4) is 0 Å². The number of benzene rings is 1. The summed E-state index contributed by atoms with van der Waals surface area (Å²) in [7, 11) is 1.86. The molecule has 3 aromatic rings. The quantitative estimate of drug-likeness (QED) is 0.580. The maximum absolute atomic E-state index is 14.3. The van der Waals surface area contributed by atoms with E-state index in [-0.39, 0.29) is 11.7 Å². The largest absolute Gasteiger partial charge is 0.507 e. The Balaban J connectivity index is 1.23. The van der Waals surface area contributed by atoms with Gasteiger partial charge in [0.25, 0.3) is 0 Å². The fourth-order valence-corrected chi connectivity index (χ4v) is 6.01. The number of hydrogen-bond donors (Lipinski definition) is 1. The molecule has 0 amide bonds. The Kier molecular flexibility index (Phi) is 5.46. The number of fused-ring (bicyclic) bond motifs is 2. The monoisotopic (exact) mass is 462 g/mol. The van der Waals surface area contributed by atoms with E-state index in [2.05, 4.69) is 25.2 Å². The first kappa shape index (κ1) is 21.5. The van der Waals surface area contributed by atoms with E-state index in [0.717, 1.165) is 68.3 Å². The van der Waals surface area contributed by atoms with E-state index < -0.39 is 6.17 Å². The SMILES string of the molecule is Cn1cc(-c2ccc(-c3ncc(N(C4CC4)[C@H]4CC[C@H]5C[C@H](CC[C@H]5F)C4)nn3)c(O)c2)cn1. The molecule has 4 atom stereocenters. The van der Waals surface area contributed by atoms with Gasteiger partial charge >= 0.3 is 0 Å². The smallest absolute Gasteiger partial charge is 0.185 e. The highest BCUT2D eigenvalue weighted by Crippen LogP contribution is 2.44. The number of anilines is 1. The minimum absolute atomic E-state index is 0.117. The van der Waals surface area contributed by atoms with Gasteiger partial charge in [0.05, 0.1) is 18.0 Å². The number of aromatic hydroxyl groups is 1. The molecule has 3 aliphatic rings. The molecule has 0 radical (unpaired) electrons. The van der Waals surface area contributed by atoms with Crippen molar-refractivity contribution in [2.75, 3.05) is 4.90 Å². The van der Waals surface area contributed by atoms with Gasteiger partial charge in [-0.05, 0) is 80.9 Å². The third kappa shape index (κ3) is 4.14. The Hall–Kier alpha value is -3.03. The molecular formula is C26H31FN6O. The van der Waals surface area contributed by atoms with Crippen molar-refractivity contribution in [2.24, 2.45) is 18.9 Å². The van der Waals surface area contributed by atoms with Crippen LogP contribution in [0.4, 0.5) is 10.2 Å². The highest BCUT2D eigenvalue weighted by molar-refractivity contribution is 5.72. The van der Waals surface area contributed by atoms with Crippen LogP contribution in [0.2, 0.25) is 0 Å². The zero-order chi connectivity index (χ0) is 23.2. The molecule has 0 unspecified atom stereocenters. The van der Waals surface area contributed by atoms with Crippen LogP contribution < -0.4 is 4.90 Å². The molecule has 0 saturated heterocycles. The number of phenolic OH excluding ortho intramolecular Hbond substituents is 1. The lowest BCUT2D eigenvalue weighted by Gasteiger charge is -2.34. The first-order valence-corrected chi connectivity index (χ1v) is 12.5. The van der Waals surface area contributed by atoms with Gasteiger partial charge in [0.2, 0.25) is 0 Å². The zero-order valence-corrected chi connectivity index (χ0v) is 19.5. The summed E-state index contributed by atoms with van der Waals surface area (Å²) in [6.45, 7) is 0. The second-order valence-corrected chi connectivity index (χ2v) is 10.3. The van der Waals surface area contributed by atoms with Crippen LogP contribution in [-0.4, -0.2) is 48.3 Å². The van der Waals surface area contributed by atoms with E-state index in [9.17, 15) is 9.50 Å². The van der Waals surface area contributed by atoms with Crippen LogP contribution in [0.25, 0.3) is 22.5 Å². The summed E-state index contributed by atoms with van der Waals surface area (Å²) in [5.41, 5.74) is 2.38. The average molecular weight is 463 g/mol. The normalized spacial score (nSPS) is 26.8. The number of hydrogen-bond acceptors (Lipinski definition) is 6.